The molecule has 14 aromatic rings. The lowest BCUT2D eigenvalue weighted by molar-refractivity contribution is 1.27. The Morgan fingerprint density at radius 1 is 0.202 bits per heavy atom. The van der Waals surface area contributed by atoms with Crippen molar-refractivity contribution in [3.8, 4) is 101 Å². The molecule has 0 amide bonds. The van der Waals surface area contributed by atoms with Crippen molar-refractivity contribution >= 4 is 115 Å². The van der Waals surface area contributed by atoms with Gasteiger partial charge in [-0.1, -0.05) is 137 Å². The minimum atomic E-state index is 0.846. The summed E-state index contributed by atoms with van der Waals surface area (Å²) in [6, 6.07) is 66.7. The molecule has 18 rings (SSSR count). The van der Waals surface area contributed by atoms with Crippen molar-refractivity contribution in [3.05, 3.63) is 326 Å². The zero-order valence-electron chi connectivity index (χ0n) is 67.1. The molecule has 8 nitrogen and oxygen atoms in total. The predicted molar refractivity (Wildman–Crippen MR) is 491 cm³/mol. The Balaban J connectivity index is 0.798. The molecule has 0 spiro atoms. The van der Waals surface area contributed by atoms with Crippen molar-refractivity contribution in [2.45, 2.75) is 104 Å². The molecule has 4 aliphatic heterocycles. The average Bonchev–Trinajstić information content (AvgIpc) is 1.60. The Morgan fingerprint density at radius 3 is 0.561 bits per heavy atom. The van der Waals surface area contributed by atoms with Gasteiger partial charge in [0.1, 0.15) is 0 Å². The van der Waals surface area contributed by atoms with Crippen LogP contribution in [0, 0.1) is 119 Å². The van der Waals surface area contributed by atoms with E-state index in [1.54, 1.807) is 0 Å². The maximum Gasteiger partial charge on any atom is 0.0737 e. The van der Waals surface area contributed by atoms with Crippen LogP contribution in [-0.4, -0.2) is 39.9 Å². The standard InChI is InChI=1S/C105H87IN8/c1-56-46-61(6)93(62(7)47-56)101-83-36-30-77(107-83)98(78-31-37-84(108-78)102(94-63(8)48-57(2)49-64(94)9)86-41-35-82(112-86)100(81-34-40-85(101)111-81)75-26-28-76(106)29-27-75)73-22-18-71(19-23-73)16-17-72-20-24-74(25-21-72)99-79-32-38-87(109-79)103(95-65(10)50-58(3)51-66(95)11)89-42-44-91(113-89)105(97-69(14)54-60(5)55-70(97)15)92-45-43-90(114-92)104(88-39-33-80(99)110-88)96-67(12)52-59(4)53-68(96)13/h18-55,107,109,112,114H,1-15H3. The van der Waals surface area contributed by atoms with Crippen LogP contribution in [0.4, 0.5) is 0 Å². The van der Waals surface area contributed by atoms with Crippen molar-refractivity contribution in [2.24, 2.45) is 0 Å². The number of hydrogen-bond acceptors (Lipinski definition) is 4. The summed E-state index contributed by atoms with van der Waals surface area (Å²) in [7, 11) is 0. The van der Waals surface area contributed by atoms with E-state index in [0.717, 1.165) is 184 Å². The van der Waals surface area contributed by atoms with Gasteiger partial charge in [0.2, 0.25) is 0 Å². The largest absolute Gasteiger partial charge is 0.354 e. The van der Waals surface area contributed by atoms with Gasteiger partial charge in [-0.2, -0.15) is 0 Å². The first-order valence-corrected chi connectivity index (χ1v) is 40.3. The molecule has 16 bridgehead atoms. The summed E-state index contributed by atoms with van der Waals surface area (Å²) in [5.74, 6) is 7.15. The number of halogens is 1. The quantitative estimate of drug-likeness (QED) is 0.0896. The fourth-order valence-electron chi connectivity index (χ4n) is 18.7. The number of fused-ring (bicyclic) bond motifs is 16. The second-order valence-corrected chi connectivity index (χ2v) is 33.0. The summed E-state index contributed by atoms with van der Waals surface area (Å²) in [5.41, 5.74) is 51.5. The Bertz CT molecular complexity index is 6830. The topological polar surface area (TPSA) is 115 Å². The molecule has 9 heteroatoms. The van der Waals surface area contributed by atoms with E-state index in [2.05, 4.69) is 389 Å². The zero-order chi connectivity index (χ0) is 78.8. The van der Waals surface area contributed by atoms with Crippen LogP contribution in [-0.2, 0) is 0 Å². The molecule has 114 heavy (non-hydrogen) atoms. The molecule has 0 atom stereocenters. The maximum absolute atomic E-state index is 5.74. The predicted octanol–water partition coefficient (Wildman–Crippen LogP) is 27.6. The van der Waals surface area contributed by atoms with Gasteiger partial charge in [-0.05, 0) is 360 Å². The van der Waals surface area contributed by atoms with Gasteiger partial charge >= 0.3 is 0 Å². The van der Waals surface area contributed by atoms with E-state index in [1.165, 1.54) is 92.6 Å². The SMILES string of the molecule is Cc1cc(C)c(-c2c3nc(c(-c4ccc(C#Cc5ccc(-c6c7nc(c(-c8c(C)cc(C)cc8C)c8ccc([nH]8)c(-c8c(C)cc(C)cc8C)c8nc(c(-c9c(C)cc(C)cc9C)c9ccc6[nH]9)C=C8)C=C7)cc5)cc4)c4ccc([nH]4)c(-c4c(C)cc(C)cc4C)c4nc(c(-c5ccc(I)cc5)c5ccc2[nH]5)C=C4)C=C3)c(C)c1. The van der Waals surface area contributed by atoms with Gasteiger partial charge in [0.05, 0.1) is 45.6 Å². The number of benzene rings is 8. The molecule has 0 radical (unpaired) electrons. The zero-order valence-corrected chi connectivity index (χ0v) is 69.3. The normalized spacial score (nSPS) is 12.2. The molecule has 4 aliphatic rings. The lowest BCUT2D eigenvalue weighted by Gasteiger charge is -2.14. The molecule has 10 heterocycles. The average molecular weight is 1590 g/mol. The lowest BCUT2D eigenvalue weighted by Crippen LogP contribution is -1.96. The van der Waals surface area contributed by atoms with E-state index in [1.807, 2.05) is 0 Å². The lowest BCUT2D eigenvalue weighted by atomic mass is 9.92. The summed E-state index contributed by atoms with van der Waals surface area (Å²) < 4.78 is 1.17. The van der Waals surface area contributed by atoms with Crippen LogP contribution in [0.2, 0.25) is 0 Å². The van der Waals surface area contributed by atoms with Crippen molar-refractivity contribution in [1.82, 2.24) is 39.9 Å². The number of nitrogens with one attached hydrogen (secondary N) is 4. The first-order chi connectivity index (χ1) is 55.0. The Morgan fingerprint density at radius 2 is 0.368 bits per heavy atom. The van der Waals surface area contributed by atoms with Gasteiger partial charge in [-0.15, -0.1) is 0 Å². The van der Waals surface area contributed by atoms with E-state index in [4.69, 9.17) is 19.9 Å². The van der Waals surface area contributed by atoms with Crippen molar-refractivity contribution in [1.29, 1.82) is 0 Å². The van der Waals surface area contributed by atoms with Crippen LogP contribution < -0.4 is 0 Å². The van der Waals surface area contributed by atoms with Crippen molar-refractivity contribution in [3.63, 3.8) is 0 Å². The van der Waals surface area contributed by atoms with Gasteiger partial charge in [0, 0.05) is 103 Å². The summed E-state index contributed by atoms with van der Waals surface area (Å²) in [6.07, 6.45) is 17.6. The van der Waals surface area contributed by atoms with Crippen LogP contribution in [0.15, 0.2) is 182 Å². The minimum absolute atomic E-state index is 0.846. The third-order valence-electron chi connectivity index (χ3n) is 23.0. The smallest absolute Gasteiger partial charge is 0.0737 e. The van der Waals surface area contributed by atoms with E-state index in [-0.39, 0.29) is 0 Å². The third kappa shape index (κ3) is 13.1. The second-order valence-electron chi connectivity index (χ2n) is 31.8. The highest BCUT2D eigenvalue weighted by atomic mass is 127. The number of aromatic nitrogens is 8. The fourth-order valence-corrected chi connectivity index (χ4v) is 19.1. The number of rotatable bonds is 8. The van der Waals surface area contributed by atoms with Gasteiger partial charge in [-0.25, -0.2) is 19.9 Å². The van der Waals surface area contributed by atoms with Crippen LogP contribution in [0.25, 0.3) is 182 Å². The molecule has 6 aromatic heterocycles. The van der Waals surface area contributed by atoms with E-state index in [0.29, 0.717) is 0 Å². The number of hydrogen-bond donors (Lipinski definition) is 4. The van der Waals surface area contributed by atoms with Gasteiger partial charge in [-0.3, -0.25) is 0 Å². The monoisotopic (exact) mass is 1590 g/mol. The molecule has 4 N–H and O–H groups in total. The summed E-state index contributed by atoms with van der Waals surface area (Å²) in [6.45, 7) is 33.1. The van der Waals surface area contributed by atoms with E-state index >= 15 is 0 Å². The molecule has 0 saturated carbocycles. The molecular formula is C105H87IN8. The molecule has 0 aliphatic carbocycles. The summed E-state index contributed by atoms with van der Waals surface area (Å²) in [5, 5.41) is 0. The Hall–Kier alpha value is -12.8. The number of aryl methyl sites for hydroxylation is 15. The Kier molecular flexibility index (Phi) is 18.4. The van der Waals surface area contributed by atoms with Gasteiger partial charge in [0.25, 0.3) is 0 Å². The number of H-pyrrole nitrogens is 4. The Labute approximate surface area is 680 Å². The molecular weight excluding hydrogens is 1500 g/mol. The van der Waals surface area contributed by atoms with Crippen LogP contribution >= 0.6 is 22.6 Å². The molecule has 0 fully saturated rings. The minimum Gasteiger partial charge on any atom is -0.354 e. The maximum atomic E-state index is 5.74. The van der Waals surface area contributed by atoms with Crippen LogP contribution in [0.1, 0.15) is 140 Å². The number of nitrogens with zero attached hydrogens (tertiary/aromatic N) is 4. The summed E-state index contributed by atoms with van der Waals surface area (Å²) in [4.78, 5) is 38.9. The second kappa shape index (κ2) is 28.8. The van der Waals surface area contributed by atoms with Crippen molar-refractivity contribution in [2.75, 3.05) is 0 Å². The van der Waals surface area contributed by atoms with Crippen molar-refractivity contribution < 1.29 is 0 Å². The first-order valence-electron chi connectivity index (χ1n) is 39.3. The first kappa shape index (κ1) is 72.8. The number of aromatic amines is 4. The highest BCUT2D eigenvalue weighted by Crippen LogP contribution is 2.46. The van der Waals surface area contributed by atoms with E-state index in [9.17, 15) is 0 Å². The van der Waals surface area contributed by atoms with Gasteiger partial charge < -0.3 is 19.9 Å². The van der Waals surface area contributed by atoms with Crippen LogP contribution in [0.5, 0.6) is 0 Å². The molecule has 0 unspecified atom stereocenters. The van der Waals surface area contributed by atoms with Crippen LogP contribution in [0.3, 0.4) is 0 Å². The molecule has 554 valence electrons. The third-order valence-corrected chi connectivity index (χ3v) is 23.7. The highest BCUT2D eigenvalue weighted by Gasteiger charge is 2.26. The van der Waals surface area contributed by atoms with Gasteiger partial charge in [0.15, 0.2) is 0 Å². The highest BCUT2D eigenvalue weighted by molar-refractivity contribution is 14.1. The summed E-state index contributed by atoms with van der Waals surface area (Å²) >= 11 is 2.39. The molecule has 8 aromatic carbocycles. The van der Waals surface area contributed by atoms with E-state index < -0.39 is 0 Å². The molecule has 0 saturated heterocycles. The fraction of sp³-hybridized carbons (Fsp3) is 0.143.